The van der Waals surface area contributed by atoms with Crippen molar-refractivity contribution in [2.24, 2.45) is 5.73 Å². The molecule has 15 heavy (non-hydrogen) atoms. The summed E-state index contributed by atoms with van der Waals surface area (Å²) in [7, 11) is 1.63. The van der Waals surface area contributed by atoms with Gasteiger partial charge < -0.3 is 15.6 Å². The lowest BCUT2D eigenvalue weighted by atomic mass is 10.0. The maximum atomic E-state index is 9.66. The first-order chi connectivity index (χ1) is 7.04. The van der Waals surface area contributed by atoms with E-state index in [1.54, 1.807) is 13.2 Å². The first-order valence-electron chi connectivity index (χ1n) is 5.14. The molecule has 1 rings (SSSR count). The molecule has 0 saturated carbocycles. The van der Waals surface area contributed by atoms with Crippen LogP contribution in [0.15, 0.2) is 18.2 Å². The zero-order valence-electron chi connectivity index (χ0n) is 9.53. The molecule has 0 aliphatic heterocycles. The molecule has 0 aromatic heterocycles. The fourth-order valence-electron chi connectivity index (χ4n) is 1.56. The van der Waals surface area contributed by atoms with Crippen LogP contribution in [0.1, 0.15) is 31.1 Å². The Labute approximate surface area is 90.9 Å². The summed E-state index contributed by atoms with van der Waals surface area (Å²) in [6.45, 7) is 3.87. The Kier molecular flexibility index (Phi) is 4.12. The lowest BCUT2D eigenvalue weighted by Crippen LogP contribution is -2.17. The molecule has 0 aliphatic rings. The number of hydrogen-bond acceptors (Lipinski definition) is 3. The van der Waals surface area contributed by atoms with E-state index in [4.69, 9.17) is 10.5 Å². The molecule has 3 heteroatoms. The van der Waals surface area contributed by atoms with Gasteiger partial charge in [0.2, 0.25) is 0 Å². The maximum Gasteiger partial charge on any atom is 0.121 e. The zero-order valence-corrected chi connectivity index (χ0v) is 9.53. The number of phenols is 1. The highest BCUT2D eigenvalue weighted by atomic mass is 16.5. The van der Waals surface area contributed by atoms with E-state index in [1.165, 1.54) is 0 Å². The molecule has 0 bridgehead atoms. The van der Waals surface area contributed by atoms with Gasteiger partial charge in [-0.2, -0.15) is 0 Å². The second-order valence-electron chi connectivity index (χ2n) is 3.95. The third kappa shape index (κ3) is 3.22. The molecule has 0 radical (unpaired) electrons. The maximum absolute atomic E-state index is 9.66. The van der Waals surface area contributed by atoms with Crippen molar-refractivity contribution < 1.29 is 9.84 Å². The monoisotopic (exact) mass is 209 g/mol. The summed E-state index contributed by atoms with van der Waals surface area (Å²) < 4.78 is 5.19. The standard InChI is InChI=1S/C12H19NO2/c1-8(13)6-10-4-5-12(14)11(7-10)9(2)15-3/h4-5,7-9,14H,6,13H2,1-3H3. The molecule has 0 fully saturated rings. The van der Waals surface area contributed by atoms with Crippen LogP contribution in [-0.2, 0) is 11.2 Å². The minimum absolute atomic E-state index is 0.0990. The van der Waals surface area contributed by atoms with Gasteiger partial charge in [-0.3, -0.25) is 0 Å². The van der Waals surface area contributed by atoms with Crippen LogP contribution in [0, 0.1) is 0 Å². The quantitative estimate of drug-likeness (QED) is 0.797. The van der Waals surface area contributed by atoms with E-state index in [9.17, 15) is 5.11 Å². The van der Waals surface area contributed by atoms with Gasteiger partial charge in [-0.1, -0.05) is 6.07 Å². The lowest BCUT2D eigenvalue weighted by Gasteiger charge is -2.14. The Morgan fingerprint density at radius 1 is 1.40 bits per heavy atom. The van der Waals surface area contributed by atoms with Crippen molar-refractivity contribution in [3.63, 3.8) is 0 Å². The number of phenolic OH excluding ortho intramolecular Hbond substituents is 1. The van der Waals surface area contributed by atoms with Gasteiger partial charge in [0, 0.05) is 18.7 Å². The van der Waals surface area contributed by atoms with Crippen LogP contribution >= 0.6 is 0 Å². The molecule has 0 spiro atoms. The average molecular weight is 209 g/mol. The highest BCUT2D eigenvalue weighted by Gasteiger charge is 2.10. The normalized spacial score (nSPS) is 14.9. The number of rotatable bonds is 4. The third-order valence-corrected chi connectivity index (χ3v) is 2.44. The summed E-state index contributed by atoms with van der Waals surface area (Å²) in [5.74, 6) is 0.276. The summed E-state index contributed by atoms with van der Waals surface area (Å²) in [4.78, 5) is 0. The number of ether oxygens (including phenoxy) is 1. The molecule has 0 heterocycles. The summed E-state index contributed by atoms with van der Waals surface area (Å²) >= 11 is 0. The summed E-state index contributed by atoms with van der Waals surface area (Å²) in [6, 6.07) is 5.67. The Balaban J connectivity index is 2.94. The summed E-state index contributed by atoms with van der Waals surface area (Å²) in [6.07, 6.45) is 0.710. The molecule has 0 saturated heterocycles. The van der Waals surface area contributed by atoms with Gasteiger partial charge in [0.15, 0.2) is 0 Å². The van der Waals surface area contributed by atoms with E-state index in [0.29, 0.717) is 0 Å². The molecule has 3 N–H and O–H groups in total. The highest BCUT2D eigenvalue weighted by molar-refractivity contribution is 5.37. The summed E-state index contributed by atoms with van der Waals surface area (Å²) in [5, 5.41) is 9.66. The second-order valence-corrected chi connectivity index (χ2v) is 3.95. The Morgan fingerprint density at radius 3 is 2.60 bits per heavy atom. The average Bonchev–Trinajstić information content (AvgIpc) is 2.19. The van der Waals surface area contributed by atoms with Crippen LogP contribution in [0.4, 0.5) is 0 Å². The van der Waals surface area contributed by atoms with Crippen LogP contribution in [0.3, 0.4) is 0 Å². The van der Waals surface area contributed by atoms with Crippen molar-refractivity contribution in [1.82, 2.24) is 0 Å². The second kappa shape index (κ2) is 5.14. The Hall–Kier alpha value is -1.06. The number of methoxy groups -OCH3 is 1. The molecule has 3 nitrogen and oxygen atoms in total. The van der Waals surface area contributed by atoms with Gasteiger partial charge in [0.05, 0.1) is 6.10 Å². The third-order valence-electron chi connectivity index (χ3n) is 2.44. The van der Waals surface area contributed by atoms with E-state index in [0.717, 1.165) is 17.5 Å². The largest absolute Gasteiger partial charge is 0.508 e. The van der Waals surface area contributed by atoms with Crippen LogP contribution in [0.25, 0.3) is 0 Å². The van der Waals surface area contributed by atoms with Crippen molar-refractivity contribution in [3.05, 3.63) is 29.3 Å². The summed E-state index contributed by atoms with van der Waals surface area (Å²) in [5.41, 5.74) is 7.67. The van der Waals surface area contributed by atoms with Crippen LogP contribution < -0.4 is 5.73 Å². The molecule has 2 atom stereocenters. The molecular weight excluding hydrogens is 190 g/mol. The van der Waals surface area contributed by atoms with Gasteiger partial charge in [-0.15, -0.1) is 0 Å². The predicted molar refractivity (Wildman–Crippen MR) is 60.9 cm³/mol. The van der Waals surface area contributed by atoms with Crippen molar-refractivity contribution in [3.8, 4) is 5.75 Å². The minimum atomic E-state index is -0.0990. The van der Waals surface area contributed by atoms with Crippen molar-refractivity contribution in [2.75, 3.05) is 7.11 Å². The lowest BCUT2D eigenvalue weighted by molar-refractivity contribution is 0.117. The number of nitrogens with two attached hydrogens (primary N) is 1. The van der Waals surface area contributed by atoms with Crippen LogP contribution in [0.2, 0.25) is 0 Å². The van der Waals surface area contributed by atoms with Crippen LogP contribution in [0.5, 0.6) is 5.75 Å². The van der Waals surface area contributed by atoms with E-state index in [2.05, 4.69) is 0 Å². The van der Waals surface area contributed by atoms with E-state index in [-0.39, 0.29) is 17.9 Å². The van der Waals surface area contributed by atoms with Crippen molar-refractivity contribution in [1.29, 1.82) is 0 Å². The predicted octanol–water partition coefficient (Wildman–Crippen LogP) is 1.99. The zero-order chi connectivity index (χ0) is 11.4. The molecular formula is C12H19NO2. The molecule has 1 aromatic rings. The van der Waals surface area contributed by atoms with E-state index >= 15 is 0 Å². The van der Waals surface area contributed by atoms with Gasteiger partial charge >= 0.3 is 0 Å². The first-order valence-corrected chi connectivity index (χ1v) is 5.14. The molecule has 0 amide bonds. The van der Waals surface area contributed by atoms with Gasteiger partial charge in [-0.05, 0) is 38.0 Å². The number of aromatic hydroxyl groups is 1. The highest BCUT2D eigenvalue weighted by Crippen LogP contribution is 2.27. The Bertz CT molecular complexity index is 323. The molecule has 0 aliphatic carbocycles. The van der Waals surface area contributed by atoms with Gasteiger partial charge in [-0.25, -0.2) is 0 Å². The fourth-order valence-corrected chi connectivity index (χ4v) is 1.56. The smallest absolute Gasteiger partial charge is 0.121 e. The first kappa shape index (κ1) is 12.0. The van der Waals surface area contributed by atoms with Gasteiger partial charge in [0.25, 0.3) is 0 Å². The minimum Gasteiger partial charge on any atom is -0.508 e. The number of hydrogen-bond donors (Lipinski definition) is 2. The Morgan fingerprint density at radius 2 is 2.07 bits per heavy atom. The van der Waals surface area contributed by atoms with Crippen molar-refractivity contribution >= 4 is 0 Å². The van der Waals surface area contributed by atoms with E-state index in [1.807, 2.05) is 26.0 Å². The SMILES string of the molecule is COC(C)c1cc(CC(C)N)ccc1O. The fraction of sp³-hybridized carbons (Fsp3) is 0.500. The van der Waals surface area contributed by atoms with Crippen molar-refractivity contribution in [2.45, 2.75) is 32.4 Å². The topological polar surface area (TPSA) is 55.5 Å². The van der Waals surface area contributed by atoms with Gasteiger partial charge in [0.1, 0.15) is 5.75 Å². The molecule has 84 valence electrons. The molecule has 2 unspecified atom stereocenters. The van der Waals surface area contributed by atoms with E-state index < -0.39 is 0 Å². The molecule has 1 aromatic carbocycles. The van der Waals surface area contributed by atoms with Crippen LogP contribution in [-0.4, -0.2) is 18.3 Å². The number of benzene rings is 1.